The summed E-state index contributed by atoms with van der Waals surface area (Å²) in [6, 6.07) is 17.5. The van der Waals surface area contributed by atoms with Crippen molar-refractivity contribution in [3.05, 3.63) is 65.1 Å². The Kier molecular flexibility index (Phi) is 8.74. The van der Waals surface area contributed by atoms with E-state index in [1.165, 1.54) is 9.99 Å². The fourth-order valence-electron chi connectivity index (χ4n) is 2.02. The lowest BCUT2D eigenvalue weighted by atomic mass is 10.2. The second-order valence-corrected chi connectivity index (χ2v) is 5.43. The van der Waals surface area contributed by atoms with Crippen LogP contribution in [0.2, 0.25) is 0 Å². The molecule has 1 N–H and O–H groups in total. The van der Waals surface area contributed by atoms with Gasteiger partial charge in [0, 0.05) is 5.56 Å². The summed E-state index contributed by atoms with van der Waals surface area (Å²) in [6.07, 6.45) is 0. The monoisotopic (exact) mass is 343 g/mol. The van der Waals surface area contributed by atoms with Crippen molar-refractivity contribution < 1.29 is 0 Å². The van der Waals surface area contributed by atoms with Gasteiger partial charge in [-0.05, 0) is 30.2 Å². The molecule has 0 saturated carbocycles. The molecule has 1 unspecified atom stereocenters. The van der Waals surface area contributed by atoms with E-state index in [1.807, 2.05) is 70.2 Å². The van der Waals surface area contributed by atoms with Gasteiger partial charge in [-0.15, -0.1) is 5.10 Å². The quantitative estimate of drug-likeness (QED) is 0.724. The molecule has 1 atom stereocenters. The molecule has 0 aliphatic rings. The average molecular weight is 343 g/mol. The molecule has 0 fully saturated rings. The molecule has 4 nitrogen and oxygen atoms in total. The molecular formula is C19H26N3OP. The molecule has 0 amide bonds. The third-order valence-electron chi connectivity index (χ3n) is 3.04. The zero-order valence-electron chi connectivity index (χ0n) is 15.0. The fraction of sp³-hybridized carbons (Fsp3) is 0.263. The van der Waals surface area contributed by atoms with Crippen LogP contribution in [0.15, 0.2) is 59.4 Å². The smallest absolute Gasteiger partial charge is 0.288 e. The Morgan fingerprint density at radius 3 is 2.25 bits per heavy atom. The van der Waals surface area contributed by atoms with Crippen LogP contribution < -0.4 is 11.0 Å². The van der Waals surface area contributed by atoms with Crippen LogP contribution in [-0.2, 0) is 0 Å². The molecule has 0 radical (unpaired) electrons. The fourth-order valence-corrected chi connectivity index (χ4v) is 2.58. The summed E-state index contributed by atoms with van der Waals surface area (Å²) in [5.74, 6) is 0.596. The number of nitrogens with zero attached hydrogens (tertiary/aromatic N) is 2. The Bertz CT molecular complexity index is 779. The first-order chi connectivity index (χ1) is 11.8. The van der Waals surface area contributed by atoms with Gasteiger partial charge in [-0.3, -0.25) is 4.98 Å². The topological polar surface area (TPSA) is 50.7 Å². The lowest BCUT2D eigenvalue weighted by Crippen LogP contribution is -2.15. The van der Waals surface area contributed by atoms with Gasteiger partial charge < -0.3 is 0 Å². The van der Waals surface area contributed by atoms with Crippen molar-refractivity contribution >= 4 is 13.9 Å². The Balaban J connectivity index is 0.000000671. The van der Waals surface area contributed by atoms with Crippen molar-refractivity contribution in [3.63, 3.8) is 0 Å². The molecule has 128 valence electrons. The lowest BCUT2D eigenvalue weighted by Gasteiger charge is -2.00. The second kappa shape index (κ2) is 10.6. The maximum Gasteiger partial charge on any atom is 0.348 e. The molecule has 1 aromatic heterocycles. The van der Waals surface area contributed by atoms with E-state index in [1.54, 1.807) is 0 Å². The number of benzene rings is 2. The molecule has 24 heavy (non-hydrogen) atoms. The first kappa shape index (κ1) is 19.9. The van der Waals surface area contributed by atoms with E-state index in [4.69, 9.17) is 0 Å². The van der Waals surface area contributed by atoms with Crippen LogP contribution in [0.5, 0.6) is 0 Å². The van der Waals surface area contributed by atoms with Gasteiger partial charge in [0.25, 0.3) is 0 Å². The Labute approximate surface area is 145 Å². The van der Waals surface area contributed by atoms with Crippen molar-refractivity contribution in [1.82, 2.24) is 14.8 Å². The van der Waals surface area contributed by atoms with Crippen LogP contribution in [-0.4, -0.2) is 21.4 Å². The molecular weight excluding hydrogens is 317 g/mol. The number of aromatic nitrogens is 3. The van der Waals surface area contributed by atoms with Crippen molar-refractivity contribution in [2.45, 2.75) is 27.7 Å². The highest BCUT2D eigenvalue weighted by atomic mass is 31.1. The minimum absolute atomic E-state index is 0.226. The standard InChI is InChI=1S/C15H14N3OP.2C2H6/c1-20-13-9-5-6-11(10-13)14-16-15(19)18(17-14)12-7-3-2-4-8-12;2*1-2/h2-10,20H,1H3,(H,16,17,19);2*1-2H3. The first-order valence-electron chi connectivity index (χ1n) is 8.31. The maximum atomic E-state index is 12.0. The molecule has 0 saturated heterocycles. The maximum absolute atomic E-state index is 12.0. The van der Waals surface area contributed by atoms with E-state index in [0.29, 0.717) is 5.82 Å². The van der Waals surface area contributed by atoms with Crippen molar-refractivity contribution in [2.75, 3.05) is 6.66 Å². The van der Waals surface area contributed by atoms with E-state index in [2.05, 4.69) is 28.9 Å². The summed E-state index contributed by atoms with van der Waals surface area (Å²) in [5.41, 5.74) is 1.47. The predicted molar refractivity (Wildman–Crippen MR) is 106 cm³/mol. The summed E-state index contributed by atoms with van der Waals surface area (Å²) in [6.45, 7) is 10.1. The third kappa shape index (κ3) is 4.90. The number of nitrogens with one attached hydrogen (secondary N) is 1. The molecule has 3 rings (SSSR count). The normalized spacial score (nSPS) is 9.88. The van der Waals surface area contributed by atoms with Gasteiger partial charge >= 0.3 is 5.69 Å². The van der Waals surface area contributed by atoms with Gasteiger partial charge in [-0.25, -0.2) is 4.79 Å². The molecule has 0 aliphatic heterocycles. The van der Waals surface area contributed by atoms with E-state index < -0.39 is 0 Å². The van der Waals surface area contributed by atoms with Crippen molar-refractivity contribution in [3.8, 4) is 17.1 Å². The van der Waals surface area contributed by atoms with Crippen LogP contribution in [0, 0.1) is 0 Å². The summed E-state index contributed by atoms with van der Waals surface area (Å²) in [4.78, 5) is 14.8. The molecule has 0 aliphatic carbocycles. The zero-order chi connectivity index (χ0) is 17.9. The van der Waals surface area contributed by atoms with Gasteiger partial charge in [0.1, 0.15) is 0 Å². The molecule has 3 aromatic rings. The lowest BCUT2D eigenvalue weighted by molar-refractivity contribution is 0.845. The number of hydrogen-bond acceptors (Lipinski definition) is 2. The van der Waals surface area contributed by atoms with Gasteiger partial charge in [-0.2, -0.15) is 4.68 Å². The second-order valence-electron chi connectivity index (χ2n) is 4.36. The average Bonchev–Trinajstić information content (AvgIpc) is 3.07. The van der Waals surface area contributed by atoms with Gasteiger partial charge in [0.2, 0.25) is 0 Å². The number of H-pyrrole nitrogens is 1. The van der Waals surface area contributed by atoms with Crippen molar-refractivity contribution in [2.24, 2.45) is 0 Å². The van der Waals surface area contributed by atoms with E-state index in [0.717, 1.165) is 19.8 Å². The van der Waals surface area contributed by atoms with Crippen LogP contribution >= 0.6 is 8.58 Å². The highest BCUT2D eigenvalue weighted by Crippen LogP contribution is 2.15. The van der Waals surface area contributed by atoms with Gasteiger partial charge in [-0.1, -0.05) is 72.7 Å². The number of aromatic amines is 1. The summed E-state index contributed by atoms with van der Waals surface area (Å²) >= 11 is 0. The highest BCUT2D eigenvalue weighted by Gasteiger charge is 2.08. The Morgan fingerprint density at radius 2 is 1.62 bits per heavy atom. The van der Waals surface area contributed by atoms with Crippen molar-refractivity contribution in [1.29, 1.82) is 0 Å². The number of rotatable bonds is 3. The number of para-hydroxylation sites is 1. The largest absolute Gasteiger partial charge is 0.348 e. The van der Waals surface area contributed by atoms with Crippen LogP contribution in [0.25, 0.3) is 17.1 Å². The highest BCUT2D eigenvalue weighted by molar-refractivity contribution is 7.46. The van der Waals surface area contributed by atoms with Gasteiger partial charge in [0.05, 0.1) is 5.69 Å². The minimum Gasteiger partial charge on any atom is -0.288 e. The molecule has 0 bridgehead atoms. The van der Waals surface area contributed by atoms with Gasteiger partial charge in [0.15, 0.2) is 5.82 Å². The van der Waals surface area contributed by atoms with Crippen LogP contribution in [0.4, 0.5) is 0 Å². The molecule has 0 spiro atoms. The Hall–Kier alpha value is -2.19. The van der Waals surface area contributed by atoms with E-state index in [-0.39, 0.29) is 5.69 Å². The number of hydrogen-bond donors (Lipinski definition) is 1. The molecule has 1 heterocycles. The Morgan fingerprint density at radius 1 is 0.958 bits per heavy atom. The third-order valence-corrected chi connectivity index (χ3v) is 3.93. The summed E-state index contributed by atoms with van der Waals surface area (Å²) in [5, 5.41) is 5.63. The summed E-state index contributed by atoms with van der Waals surface area (Å²) < 4.78 is 1.39. The first-order valence-corrected chi connectivity index (χ1v) is 9.81. The van der Waals surface area contributed by atoms with E-state index in [9.17, 15) is 4.79 Å². The predicted octanol–water partition coefficient (Wildman–Crippen LogP) is 4.21. The zero-order valence-corrected chi connectivity index (χ0v) is 16.0. The van der Waals surface area contributed by atoms with Crippen LogP contribution in [0.1, 0.15) is 27.7 Å². The SMILES string of the molecule is CC.CC.CPc1cccc(-c2nn(-c3ccccc3)c(=O)[nH]2)c1. The minimum atomic E-state index is -0.226. The molecule has 2 aromatic carbocycles. The molecule has 5 heteroatoms. The van der Waals surface area contributed by atoms with E-state index >= 15 is 0 Å². The summed E-state index contributed by atoms with van der Waals surface area (Å²) in [7, 11) is 0.722. The van der Waals surface area contributed by atoms with Crippen LogP contribution in [0.3, 0.4) is 0 Å².